The number of nitrogens with one attached hydrogen (secondary N) is 1. The van der Waals surface area contributed by atoms with Crippen molar-refractivity contribution in [2.24, 2.45) is 11.8 Å². The van der Waals surface area contributed by atoms with E-state index in [1.165, 1.54) is 19.6 Å². The molecule has 1 aliphatic carbocycles. The first kappa shape index (κ1) is 27.6. The van der Waals surface area contributed by atoms with Gasteiger partial charge >= 0.3 is 13.7 Å². The molecule has 0 saturated heterocycles. The number of hydrogen-bond acceptors (Lipinski definition) is 10. The summed E-state index contributed by atoms with van der Waals surface area (Å²) in [5, 5.41) is 12.8. The van der Waals surface area contributed by atoms with Gasteiger partial charge in [-0.05, 0) is 38.5 Å². The number of ether oxygens (including phenoxy) is 1. The highest BCUT2D eigenvalue weighted by atomic mass is 31.2. The van der Waals surface area contributed by atoms with Crippen molar-refractivity contribution in [3.05, 3.63) is 54.9 Å². The Balaban J connectivity index is 1.54. The largest absolute Gasteiger partial charge is 0.462 e. The number of para-hydroxylation sites is 1. The normalized spacial score (nSPS) is 22.7. The first-order valence-corrected chi connectivity index (χ1v) is 13.5. The molecule has 2 heterocycles. The summed E-state index contributed by atoms with van der Waals surface area (Å²) in [5.74, 6) is -1.41. The van der Waals surface area contributed by atoms with Crippen molar-refractivity contribution in [1.82, 2.24) is 24.6 Å². The quantitative estimate of drug-likeness (QED) is 0.238. The van der Waals surface area contributed by atoms with Crippen LogP contribution in [0.25, 0.3) is 11.2 Å². The van der Waals surface area contributed by atoms with Crippen molar-refractivity contribution in [1.29, 1.82) is 0 Å². The van der Waals surface area contributed by atoms with Gasteiger partial charge in [-0.1, -0.05) is 18.2 Å². The van der Waals surface area contributed by atoms with Gasteiger partial charge in [-0.3, -0.25) is 9.32 Å². The minimum absolute atomic E-state index is 0.175. The fourth-order valence-electron chi connectivity index (χ4n) is 4.36. The van der Waals surface area contributed by atoms with Gasteiger partial charge < -0.3 is 24.7 Å². The van der Waals surface area contributed by atoms with Gasteiger partial charge in [0.1, 0.15) is 23.6 Å². The third-order valence-corrected chi connectivity index (χ3v) is 7.81. The number of aromatic nitrogens is 4. The molecule has 2 aromatic heterocycles. The number of aliphatic hydroxyl groups excluding tert-OH is 1. The van der Waals surface area contributed by atoms with Gasteiger partial charge in [-0.2, -0.15) is 5.09 Å². The number of carbonyl (C=O) groups is 1. The zero-order valence-corrected chi connectivity index (χ0v) is 22.0. The van der Waals surface area contributed by atoms with Crippen LogP contribution < -0.4 is 15.3 Å². The highest BCUT2D eigenvalue weighted by molar-refractivity contribution is 7.52. The number of anilines is 1. The summed E-state index contributed by atoms with van der Waals surface area (Å²) in [4.78, 5) is 24.7. The van der Waals surface area contributed by atoms with E-state index in [9.17, 15) is 18.9 Å². The standard InChI is InChI=1S/C24H30FN6O6P/c1-14(2)36-24(33)15(3)30-38(34,37-16-7-5-4-6-8-16)35-11-19-17(9-25)21(18(19)10-32)31-13-29-20-22(26)27-12-28-23(20)31/h4-9,12-15,18-19,21,32H,10-11H2,1-3H3,(H,30,34)(H2,26,27,28)/b17-9+/t15?,18-,19+,21-,38?/m0/s1. The fraction of sp³-hybridized carbons (Fsp3) is 0.417. The van der Waals surface area contributed by atoms with Crippen LogP contribution >= 0.6 is 7.75 Å². The van der Waals surface area contributed by atoms with E-state index >= 15 is 0 Å². The second-order valence-electron chi connectivity index (χ2n) is 9.12. The van der Waals surface area contributed by atoms with Crippen molar-refractivity contribution in [3.63, 3.8) is 0 Å². The van der Waals surface area contributed by atoms with Crippen LogP contribution in [0.2, 0.25) is 0 Å². The second kappa shape index (κ2) is 11.6. The fourth-order valence-corrected chi connectivity index (χ4v) is 5.88. The number of rotatable bonds is 11. The first-order chi connectivity index (χ1) is 18.2. The molecule has 14 heteroatoms. The Morgan fingerprint density at radius 2 is 2.00 bits per heavy atom. The van der Waals surface area contributed by atoms with E-state index in [0.717, 1.165) is 0 Å². The van der Waals surface area contributed by atoms with Crippen molar-refractivity contribution < 1.29 is 32.6 Å². The number of imidazole rings is 1. The molecule has 1 saturated carbocycles. The zero-order chi connectivity index (χ0) is 27.4. The molecule has 0 aliphatic heterocycles. The number of nitrogen functional groups attached to an aromatic ring is 1. The monoisotopic (exact) mass is 548 g/mol. The maximum Gasteiger partial charge on any atom is 0.459 e. The molecular weight excluding hydrogens is 518 g/mol. The number of esters is 1. The summed E-state index contributed by atoms with van der Waals surface area (Å²) < 4.78 is 46.1. The Kier molecular flexibility index (Phi) is 8.41. The van der Waals surface area contributed by atoms with Crippen LogP contribution in [-0.2, 0) is 18.6 Å². The molecule has 0 spiro atoms. The average Bonchev–Trinajstić information content (AvgIpc) is 3.28. The van der Waals surface area contributed by atoms with Gasteiger partial charge in [-0.25, -0.2) is 23.9 Å². The van der Waals surface area contributed by atoms with Crippen LogP contribution in [0.15, 0.2) is 54.9 Å². The summed E-state index contributed by atoms with van der Waals surface area (Å²) in [6, 6.07) is 6.62. The van der Waals surface area contributed by atoms with Crippen LogP contribution in [0.4, 0.5) is 10.2 Å². The number of aliphatic hydroxyl groups is 1. The number of benzene rings is 1. The maximum atomic E-state index is 14.2. The Hall–Kier alpha value is -3.38. The molecule has 2 unspecified atom stereocenters. The number of nitrogens with zero attached hydrogens (tertiary/aromatic N) is 4. The Labute approximate surface area is 218 Å². The molecule has 1 aromatic carbocycles. The van der Waals surface area contributed by atoms with Gasteiger partial charge in [0, 0.05) is 18.4 Å². The summed E-state index contributed by atoms with van der Waals surface area (Å²) >= 11 is 0. The van der Waals surface area contributed by atoms with E-state index in [0.29, 0.717) is 17.5 Å². The summed E-state index contributed by atoms with van der Waals surface area (Å²) in [6.45, 7) is 4.25. The van der Waals surface area contributed by atoms with Gasteiger partial charge in [0.05, 0.1) is 31.4 Å². The van der Waals surface area contributed by atoms with E-state index < -0.39 is 37.6 Å². The lowest BCUT2D eigenvalue weighted by Crippen LogP contribution is -2.46. The Morgan fingerprint density at radius 3 is 2.66 bits per heavy atom. The minimum Gasteiger partial charge on any atom is -0.462 e. The third-order valence-electron chi connectivity index (χ3n) is 6.17. The molecule has 1 fully saturated rings. The lowest BCUT2D eigenvalue weighted by Gasteiger charge is -2.46. The molecule has 38 heavy (non-hydrogen) atoms. The van der Waals surface area contributed by atoms with E-state index in [1.807, 2.05) is 0 Å². The maximum absolute atomic E-state index is 14.2. The van der Waals surface area contributed by atoms with E-state index in [4.69, 9.17) is 19.5 Å². The van der Waals surface area contributed by atoms with Gasteiger partial charge in [0.2, 0.25) is 0 Å². The molecule has 0 radical (unpaired) electrons. The summed E-state index contributed by atoms with van der Waals surface area (Å²) in [7, 11) is -4.17. The average molecular weight is 549 g/mol. The van der Waals surface area contributed by atoms with E-state index in [1.54, 1.807) is 48.7 Å². The molecular formula is C24H30FN6O6P. The smallest absolute Gasteiger partial charge is 0.459 e. The predicted molar refractivity (Wildman–Crippen MR) is 136 cm³/mol. The molecule has 204 valence electrons. The highest BCUT2D eigenvalue weighted by Crippen LogP contribution is 2.53. The molecule has 12 nitrogen and oxygen atoms in total. The third kappa shape index (κ3) is 5.70. The summed E-state index contributed by atoms with van der Waals surface area (Å²) in [5.41, 5.74) is 6.89. The number of halogens is 1. The molecule has 0 amide bonds. The van der Waals surface area contributed by atoms with Crippen molar-refractivity contribution in [2.45, 2.75) is 39.0 Å². The van der Waals surface area contributed by atoms with Crippen molar-refractivity contribution in [2.75, 3.05) is 18.9 Å². The lowest BCUT2D eigenvalue weighted by atomic mass is 9.66. The highest BCUT2D eigenvalue weighted by Gasteiger charge is 2.49. The number of fused-ring (bicyclic) bond motifs is 1. The molecule has 1 aliphatic rings. The first-order valence-electron chi connectivity index (χ1n) is 12.0. The van der Waals surface area contributed by atoms with Gasteiger partial charge in [-0.15, -0.1) is 0 Å². The molecule has 4 rings (SSSR count). The van der Waals surface area contributed by atoms with Crippen LogP contribution in [0, 0.1) is 11.8 Å². The second-order valence-corrected chi connectivity index (χ2v) is 10.8. The number of nitrogens with two attached hydrogens (primary N) is 1. The van der Waals surface area contributed by atoms with Crippen molar-refractivity contribution in [3.8, 4) is 5.75 Å². The molecule has 0 bridgehead atoms. The van der Waals surface area contributed by atoms with Gasteiger partial charge in [0.25, 0.3) is 0 Å². The number of hydrogen-bond donors (Lipinski definition) is 3. The van der Waals surface area contributed by atoms with Crippen LogP contribution in [0.3, 0.4) is 0 Å². The van der Waals surface area contributed by atoms with Crippen LogP contribution in [0.1, 0.15) is 26.8 Å². The minimum atomic E-state index is -4.17. The predicted octanol–water partition coefficient (Wildman–Crippen LogP) is 3.17. The Bertz CT molecular complexity index is 1350. The summed E-state index contributed by atoms with van der Waals surface area (Å²) in [6.07, 6.45) is 2.78. The van der Waals surface area contributed by atoms with Crippen LogP contribution in [-0.4, -0.2) is 56.0 Å². The van der Waals surface area contributed by atoms with Gasteiger partial charge in [0.15, 0.2) is 11.5 Å². The topological polar surface area (TPSA) is 164 Å². The van der Waals surface area contributed by atoms with E-state index in [2.05, 4.69) is 20.0 Å². The zero-order valence-electron chi connectivity index (χ0n) is 21.1. The Morgan fingerprint density at radius 1 is 1.26 bits per heavy atom. The van der Waals surface area contributed by atoms with E-state index in [-0.39, 0.29) is 36.5 Å². The number of carbonyl (C=O) groups excluding carboxylic acids is 1. The van der Waals surface area contributed by atoms with Crippen LogP contribution in [0.5, 0.6) is 5.75 Å². The SMILES string of the molecule is CC(C)OC(=O)C(C)NP(=O)(OC[C@@H]1/C(=C\F)[C@H](n2cnc3c(N)ncnc32)[C@H]1CO)Oc1ccccc1. The molecule has 4 N–H and O–H groups in total. The lowest BCUT2D eigenvalue weighted by molar-refractivity contribution is -0.149. The molecule has 3 aromatic rings. The van der Waals surface area contributed by atoms with Crippen molar-refractivity contribution >= 4 is 30.7 Å². The molecule has 5 atom stereocenters.